The number of anilines is 2. The van der Waals surface area contributed by atoms with E-state index in [2.05, 4.69) is 15.2 Å². The fraction of sp³-hybridized carbons (Fsp3) is 0.600. The first-order valence-electron chi connectivity index (χ1n) is 5.12. The van der Waals surface area contributed by atoms with E-state index in [1.54, 1.807) is 4.68 Å². The molecule has 16 heavy (non-hydrogen) atoms. The third-order valence-electron chi connectivity index (χ3n) is 2.25. The molecule has 0 fully saturated rings. The lowest BCUT2D eigenvalue weighted by atomic mass is 10.3. The van der Waals surface area contributed by atoms with Crippen LogP contribution in [0.3, 0.4) is 0 Å². The van der Waals surface area contributed by atoms with E-state index in [4.69, 9.17) is 5.73 Å². The second kappa shape index (κ2) is 4.87. The van der Waals surface area contributed by atoms with Gasteiger partial charge in [-0.2, -0.15) is 5.10 Å². The van der Waals surface area contributed by atoms with E-state index in [9.17, 15) is 4.79 Å². The predicted molar refractivity (Wildman–Crippen MR) is 62.3 cm³/mol. The minimum atomic E-state index is -0.339. The molecule has 1 rings (SSSR count). The summed E-state index contributed by atoms with van der Waals surface area (Å²) in [6, 6.07) is 0.177. The smallest absolute Gasteiger partial charge is 0.325 e. The van der Waals surface area contributed by atoms with Crippen LogP contribution in [0.2, 0.25) is 0 Å². The van der Waals surface area contributed by atoms with Crippen molar-refractivity contribution in [2.45, 2.75) is 26.8 Å². The molecule has 0 bridgehead atoms. The monoisotopic (exact) mass is 226 g/mol. The quantitative estimate of drug-likeness (QED) is 0.747. The van der Waals surface area contributed by atoms with Crippen LogP contribution in [0.1, 0.15) is 25.6 Å². The molecule has 0 aliphatic rings. The lowest BCUT2D eigenvalue weighted by Gasteiger charge is -2.12. The molecule has 0 saturated carbocycles. The van der Waals surface area contributed by atoms with Gasteiger partial charge in [-0.15, -0.1) is 0 Å². The standard InChI is InChI=1S/C10H18N4O2/c1-6(2)14-10(9(11)7(3)13-14)12-5-8(15)16-4/h6,12H,5,11H2,1-4H3. The summed E-state index contributed by atoms with van der Waals surface area (Å²) in [6.07, 6.45) is 0. The number of rotatable bonds is 4. The Morgan fingerprint density at radius 1 is 1.62 bits per heavy atom. The van der Waals surface area contributed by atoms with Crippen molar-refractivity contribution in [1.29, 1.82) is 0 Å². The number of carbonyl (C=O) groups excluding carboxylic acids is 1. The molecule has 6 heteroatoms. The van der Waals surface area contributed by atoms with Gasteiger partial charge < -0.3 is 15.8 Å². The number of nitrogens with zero attached hydrogens (tertiary/aromatic N) is 2. The first-order valence-corrected chi connectivity index (χ1v) is 5.12. The highest BCUT2D eigenvalue weighted by molar-refractivity contribution is 5.76. The number of aryl methyl sites for hydroxylation is 1. The number of methoxy groups -OCH3 is 1. The minimum absolute atomic E-state index is 0.0819. The van der Waals surface area contributed by atoms with Crippen LogP contribution in [-0.4, -0.2) is 29.4 Å². The highest BCUT2D eigenvalue weighted by atomic mass is 16.5. The summed E-state index contributed by atoms with van der Waals surface area (Å²) in [5.41, 5.74) is 7.19. The van der Waals surface area contributed by atoms with Gasteiger partial charge >= 0.3 is 5.97 Å². The highest BCUT2D eigenvalue weighted by Gasteiger charge is 2.15. The van der Waals surface area contributed by atoms with Crippen molar-refractivity contribution in [1.82, 2.24) is 9.78 Å². The maximum Gasteiger partial charge on any atom is 0.325 e. The van der Waals surface area contributed by atoms with Crippen LogP contribution >= 0.6 is 0 Å². The Kier molecular flexibility index (Phi) is 3.76. The normalized spacial score (nSPS) is 10.6. The predicted octanol–water partition coefficient (Wildman–Crippen LogP) is 0.940. The molecule has 0 atom stereocenters. The molecule has 6 nitrogen and oxygen atoms in total. The van der Waals surface area contributed by atoms with E-state index in [1.807, 2.05) is 20.8 Å². The van der Waals surface area contributed by atoms with Crippen molar-refractivity contribution in [3.63, 3.8) is 0 Å². The summed E-state index contributed by atoms with van der Waals surface area (Å²) in [5.74, 6) is 0.325. The molecule has 1 heterocycles. The number of nitrogens with two attached hydrogens (primary N) is 1. The Morgan fingerprint density at radius 2 is 2.25 bits per heavy atom. The van der Waals surface area contributed by atoms with Gasteiger partial charge in [0, 0.05) is 6.04 Å². The Bertz CT molecular complexity index is 384. The summed E-state index contributed by atoms with van der Waals surface area (Å²) < 4.78 is 6.30. The summed E-state index contributed by atoms with van der Waals surface area (Å²) in [6.45, 7) is 5.90. The highest BCUT2D eigenvalue weighted by Crippen LogP contribution is 2.25. The number of hydrogen-bond donors (Lipinski definition) is 2. The molecule has 1 aromatic rings. The molecule has 0 unspecified atom stereocenters. The van der Waals surface area contributed by atoms with Crippen LogP contribution in [0.15, 0.2) is 0 Å². The van der Waals surface area contributed by atoms with Gasteiger partial charge in [-0.1, -0.05) is 0 Å². The molecule has 0 aliphatic carbocycles. The van der Waals surface area contributed by atoms with Crippen LogP contribution in [0.25, 0.3) is 0 Å². The van der Waals surface area contributed by atoms with Crippen molar-refractivity contribution in [2.75, 3.05) is 24.7 Å². The van der Waals surface area contributed by atoms with Crippen LogP contribution in [0.5, 0.6) is 0 Å². The molecule has 0 amide bonds. The van der Waals surface area contributed by atoms with E-state index in [0.29, 0.717) is 11.5 Å². The Labute approximate surface area is 94.8 Å². The maximum absolute atomic E-state index is 11.0. The van der Waals surface area contributed by atoms with Gasteiger partial charge in [-0.3, -0.25) is 4.79 Å². The van der Waals surface area contributed by atoms with E-state index in [1.165, 1.54) is 7.11 Å². The zero-order chi connectivity index (χ0) is 12.3. The van der Waals surface area contributed by atoms with Gasteiger partial charge in [0.1, 0.15) is 12.4 Å². The van der Waals surface area contributed by atoms with E-state index < -0.39 is 0 Å². The zero-order valence-corrected chi connectivity index (χ0v) is 10.1. The molecule has 0 aliphatic heterocycles. The van der Waals surface area contributed by atoms with E-state index in [-0.39, 0.29) is 18.6 Å². The van der Waals surface area contributed by atoms with Gasteiger partial charge in [-0.25, -0.2) is 4.68 Å². The Morgan fingerprint density at radius 3 is 2.75 bits per heavy atom. The van der Waals surface area contributed by atoms with Crippen LogP contribution in [-0.2, 0) is 9.53 Å². The van der Waals surface area contributed by atoms with Crippen molar-refractivity contribution in [3.05, 3.63) is 5.69 Å². The molecule has 0 radical (unpaired) electrons. The average Bonchev–Trinajstić information content (AvgIpc) is 2.53. The topological polar surface area (TPSA) is 82.2 Å². The van der Waals surface area contributed by atoms with Gasteiger partial charge in [0.15, 0.2) is 0 Å². The second-order valence-corrected chi connectivity index (χ2v) is 3.82. The van der Waals surface area contributed by atoms with E-state index in [0.717, 1.165) is 5.69 Å². The summed E-state index contributed by atoms with van der Waals surface area (Å²) in [4.78, 5) is 11.0. The van der Waals surface area contributed by atoms with Crippen molar-refractivity contribution in [3.8, 4) is 0 Å². The number of nitrogen functional groups attached to an aromatic ring is 1. The van der Waals surface area contributed by atoms with Gasteiger partial charge in [-0.05, 0) is 20.8 Å². The third-order valence-corrected chi connectivity index (χ3v) is 2.25. The van der Waals surface area contributed by atoms with Gasteiger partial charge in [0.2, 0.25) is 0 Å². The van der Waals surface area contributed by atoms with Crippen molar-refractivity contribution >= 4 is 17.5 Å². The molecule has 3 N–H and O–H groups in total. The SMILES string of the molecule is COC(=O)CNc1c(N)c(C)nn1C(C)C. The van der Waals surface area contributed by atoms with Gasteiger partial charge in [0.05, 0.1) is 18.5 Å². The number of esters is 1. The van der Waals surface area contributed by atoms with Crippen LogP contribution < -0.4 is 11.1 Å². The molecule has 90 valence electrons. The summed E-state index contributed by atoms with van der Waals surface area (Å²) in [5, 5.41) is 7.23. The van der Waals surface area contributed by atoms with Gasteiger partial charge in [0.25, 0.3) is 0 Å². The molecule has 0 spiro atoms. The summed E-state index contributed by atoms with van der Waals surface area (Å²) >= 11 is 0. The molecule has 1 aromatic heterocycles. The van der Waals surface area contributed by atoms with Crippen molar-refractivity contribution in [2.24, 2.45) is 0 Å². The number of hydrogen-bond acceptors (Lipinski definition) is 5. The lowest BCUT2D eigenvalue weighted by Crippen LogP contribution is -2.18. The Hall–Kier alpha value is -1.72. The van der Waals surface area contributed by atoms with E-state index >= 15 is 0 Å². The Balaban J connectivity index is 2.89. The second-order valence-electron chi connectivity index (χ2n) is 3.82. The fourth-order valence-electron chi connectivity index (χ4n) is 1.34. The zero-order valence-electron chi connectivity index (χ0n) is 10.1. The first-order chi connectivity index (χ1) is 7.47. The molecule has 0 saturated heterocycles. The molecular weight excluding hydrogens is 208 g/mol. The largest absolute Gasteiger partial charge is 0.468 e. The third kappa shape index (κ3) is 2.44. The number of ether oxygens (including phenoxy) is 1. The van der Waals surface area contributed by atoms with Crippen LogP contribution in [0, 0.1) is 6.92 Å². The average molecular weight is 226 g/mol. The minimum Gasteiger partial charge on any atom is -0.468 e. The number of aromatic nitrogens is 2. The molecule has 0 aromatic carbocycles. The lowest BCUT2D eigenvalue weighted by molar-refractivity contribution is -0.138. The van der Waals surface area contributed by atoms with Crippen LogP contribution in [0.4, 0.5) is 11.5 Å². The maximum atomic E-state index is 11.0. The first kappa shape index (κ1) is 12.4. The van der Waals surface area contributed by atoms with Crippen molar-refractivity contribution < 1.29 is 9.53 Å². The molecular formula is C10H18N4O2. The summed E-state index contributed by atoms with van der Waals surface area (Å²) in [7, 11) is 1.35. The number of nitrogens with one attached hydrogen (secondary N) is 1. The number of carbonyl (C=O) groups is 1. The fourth-order valence-corrected chi connectivity index (χ4v) is 1.34.